The lowest BCUT2D eigenvalue weighted by Gasteiger charge is -2.55. The van der Waals surface area contributed by atoms with Crippen LogP contribution in [0.1, 0.15) is 45.6 Å². The summed E-state index contributed by atoms with van der Waals surface area (Å²) in [7, 11) is 0. The number of ether oxygens (including phenoxy) is 2. The van der Waals surface area contributed by atoms with Crippen molar-refractivity contribution in [3.63, 3.8) is 0 Å². The SMILES string of the molecule is CC(C)(C)OC(=O)N1CCCC2(CCN2C(=O)OCc2ccccc2)C1. The summed E-state index contributed by atoms with van der Waals surface area (Å²) in [5, 5.41) is 0. The molecular weight excluding hydrogens is 332 g/mol. The second-order valence-corrected chi connectivity index (χ2v) is 8.17. The second kappa shape index (κ2) is 7.17. The van der Waals surface area contributed by atoms with E-state index in [0.717, 1.165) is 24.8 Å². The van der Waals surface area contributed by atoms with Gasteiger partial charge < -0.3 is 19.3 Å². The number of benzene rings is 1. The van der Waals surface area contributed by atoms with Gasteiger partial charge in [0.05, 0.1) is 5.54 Å². The largest absolute Gasteiger partial charge is 0.445 e. The summed E-state index contributed by atoms with van der Waals surface area (Å²) in [4.78, 5) is 28.5. The third-order valence-electron chi connectivity index (χ3n) is 5.01. The molecule has 0 N–H and O–H groups in total. The number of piperidine rings is 1. The Labute approximate surface area is 155 Å². The monoisotopic (exact) mass is 360 g/mol. The fourth-order valence-corrected chi connectivity index (χ4v) is 3.64. The summed E-state index contributed by atoms with van der Waals surface area (Å²) in [6.07, 6.45) is 2.05. The molecule has 1 spiro atoms. The molecule has 6 heteroatoms. The molecule has 1 aromatic rings. The van der Waals surface area contributed by atoms with Crippen molar-refractivity contribution >= 4 is 12.2 Å². The van der Waals surface area contributed by atoms with Crippen LogP contribution < -0.4 is 0 Å². The van der Waals surface area contributed by atoms with E-state index < -0.39 is 5.60 Å². The third-order valence-corrected chi connectivity index (χ3v) is 5.01. The van der Waals surface area contributed by atoms with Gasteiger partial charge in [0.1, 0.15) is 12.2 Å². The fraction of sp³-hybridized carbons (Fsp3) is 0.600. The predicted octanol–water partition coefficient (Wildman–Crippen LogP) is 3.80. The van der Waals surface area contributed by atoms with Crippen LogP contribution in [-0.2, 0) is 16.1 Å². The van der Waals surface area contributed by atoms with Crippen molar-refractivity contribution in [2.24, 2.45) is 0 Å². The average Bonchev–Trinajstić information content (AvgIpc) is 2.58. The van der Waals surface area contributed by atoms with Gasteiger partial charge >= 0.3 is 12.2 Å². The molecule has 26 heavy (non-hydrogen) atoms. The van der Waals surface area contributed by atoms with Gasteiger partial charge in [-0.05, 0) is 45.6 Å². The van der Waals surface area contributed by atoms with Gasteiger partial charge in [0.2, 0.25) is 0 Å². The van der Waals surface area contributed by atoms with Gasteiger partial charge in [-0.15, -0.1) is 0 Å². The van der Waals surface area contributed by atoms with Crippen LogP contribution >= 0.6 is 0 Å². The van der Waals surface area contributed by atoms with E-state index >= 15 is 0 Å². The van der Waals surface area contributed by atoms with Crippen LogP contribution in [0.2, 0.25) is 0 Å². The minimum Gasteiger partial charge on any atom is -0.445 e. The van der Waals surface area contributed by atoms with Crippen LogP contribution in [-0.4, -0.2) is 52.8 Å². The first-order chi connectivity index (χ1) is 12.3. The van der Waals surface area contributed by atoms with Gasteiger partial charge in [-0.1, -0.05) is 30.3 Å². The number of amides is 2. The van der Waals surface area contributed by atoms with E-state index in [4.69, 9.17) is 9.47 Å². The molecule has 3 rings (SSSR count). The number of nitrogens with zero attached hydrogens (tertiary/aromatic N) is 2. The van der Waals surface area contributed by atoms with Crippen LogP contribution in [0.25, 0.3) is 0 Å². The highest BCUT2D eigenvalue weighted by molar-refractivity contribution is 5.71. The molecule has 0 bridgehead atoms. The molecule has 6 nitrogen and oxygen atoms in total. The maximum atomic E-state index is 12.5. The van der Waals surface area contributed by atoms with Crippen LogP contribution in [0.4, 0.5) is 9.59 Å². The molecule has 2 fully saturated rings. The standard InChI is InChI=1S/C20H28N2O4/c1-19(2,3)26-17(23)21-12-7-10-20(15-21)11-13-22(20)18(24)25-14-16-8-5-4-6-9-16/h4-6,8-9H,7,10-15H2,1-3H3. The van der Waals surface area contributed by atoms with Gasteiger partial charge in [0.15, 0.2) is 0 Å². The number of hydrogen-bond donors (Lipinski definition) is 0. The minimum atomic E-state index is -0.518. The summed E-state index contributed by atoms with van der Waals surface area (Å²) in [5.41, 5.74) is 0.146. The average molecular weight is 360 g/mol. The predicted molar refractivity (Wildman–Crippen MR) is 97.7 cm³/mol. The molecule has 1 aromatic carbocycles. The molecule has 0 radical (unpaired) electrons. The minimum absolute atomic E-state index is 0.266. The van der Waals surface area contributed by atoms with Gasteiger partial charge in [-0.25, -0.2) is 9.59 Å². The van der Waals surface area contributed by atoms with Crippen molar-refractivity contribution in [2.45, 2.75) is 57.8 Å². The maximum absolute atomic E-state index is 12.5. The summed E-state index contributed by atoms with van der Waals surface area (Å²) in [6, 6.07) is 9.65. The van der Waals surface area contributed by atoms with Crippen molar-refractivity contribution in [2.75, 3.05) is 19.6 Å². The summed E-state index contributed by atoms with van der Waals surface area (Å²) in [5.74, 6) is 0. The molecule has 2 aliphatic rings. The molecule has 1 atom stereocenters. The number of hydrogen-bond acceptors (Lipinski definition) is 4. The summed E-state index contributed by atoms with van der Waals surface area (Å²) in [6.45, 7) is 7.72. The van der Waals surface area contributed by atoms with Crippen LogP contribution in [0.3, 0.4) is 0 Å². The van der Waals surface area contributed by atoms with E-state index in [2.05, 4.69) is 0 Å². The van der Waals surface area contributed by atoms with Gasteiger partial charge in [-0.2, -0.15) is 0 Å². The van der Waals surface area contributed by atoms with Crippen LogP contribution in [0.15, 0.2) is 30.3 Å². The lowest BCUT2D eigenvalue weighted by Crippen LogP contribution is -2.69. The lowest BCUT2D eigenvalue weighted by molar-refractivity contribution is -0.0626. The van der Waals surface area contributed by atoms with E-state index in [1.165, 1.54) is 0 Å². The Hall–Kier alpha value is -2.24. The van der Waals surface area contributed by atoms with E-state index in [-0.39, 0.29) is 24.3 Å². The topological polar surface area (TPSA) is 59.1 Å². The Morgan fingerprint density at radius 2 is 1.81 bits per heavy atom. The van der Waals surface area contributed by atoms with E-state index in [9.17, 15) is 9.59 Å². The zero-order valence-corrected chi connectivity index (χ0v) is 15.9. The van der Waals surface area contributed by atoms with Crippen LogP contribution in [0.5, 0.6) is 0 Å². The molecule has 0 saturated carbocycles. The third kappa shape index (κ3) is 4.11. The van der Waals surface area contributed by atoms with E-state index in [1.54, 1.807) is 9.80 Å². The molecule has 2 saturated heterocycles. The van der Waals surface area contributed by atoms with Crippen molar-refractivity contribution < 1.29 is 19.1 Å². The molecule has 0 aliphatic carbocycles. The zero-order chi connectivity index (χ0) is 18.8. The van der Waals surface area contributed by atoms with Gasteiger partial charge in [0, 0.05) is 19.6 Å². The van der Waals surface area contributed by atoms with Gasteiger partial charge in [-0.3, -0.25) is 0 Å². The Morgan fingerprint density at radius 1 is 1.08 bits per heavy atom. The number of carbonyl (C=O) groups excluding carboxylic acids is 2. The van der Waals surface area contributed by atoms with E-state index in [1.807, 2.05) is 51.1 Å². The number of carbonyl (C=O) groups is 2. The summed E-state index contributed by atoms with van der Waals surface area (Å²) < 4.78 is 11.0. The fourth-order valence-electron chi connectivity index (χ4n) is 3.64. The Bertz CT molecular complexity index is 656. The second-order valence-electron chi connectivity index (χ2n) is 8.17. The molecule has 0 aromatic heterocycles. The van der Waals surface area contributed by atoms with E-state index in [0.29, 0.717) is 19.6 Å². The molecule has 2 aliphatic heterocycles. The number of likely N-dealkylation sites (tertiary alicyclic amines) is 2. The highest BCUT2D eigenvalue weighted by Gasteiger charge is 2.51. The molecule has 142 valence electrons. The van der Waals surface area contributed by atoms with Crippen molar-refractivity contribution in [3.8, 4) is 0 Å². The van der Waals surface area contributed by atoms with Crippen molar-refractivity contribution in [3.05, 3.63) is 35.9 Å². The number of rotatable bonds is 2. The molecular formula is C20H28N2O4. The summed E-state index contributed by atoms with van der Waals surface area (Å²) >= 11 is 0. The van der Waals surface area contributed by atoms with Crippen molar-refractivity contribution in [1.82, 2.24) is 9.80 Å². The smallest absolute Gasteiger partial charge is 0.410 e. The van der Waals surface area contributed by atoms with Crippen molar-refractivity contribution in [1.29, 1.82) is 0 Å². The Morgan fingerprint density at radius 3 is 2.42 bits per heavy atom. The molecule has 2 heterocycles. The highest BCUT2D eigenvalue weighted by atomic mass is 16.6. The zero-order valence-electron chi connectivity index (χ0n) is 15.9. The van der Waals surface area contributed by atoms with Crippen LogP contribution in [0, 0.1) is 0 Å². The Kier molecular flexibility index (Phi) is 5.12. The Balaban J connectivity index is 1.59. The normalized spacial score (nSPS) is 22.7. The highest BCUT2D eigenvalue weighted by Crippen LogP contribution is 2.39. The lowest BCUT2D eigenvalue weighted by atomic mass is 9.78. The molecule has 2 amide bonds. The van der Waals surface area contributed by atoms with Gasteiger partial charge in [0.25, 0.3) is 0 Å². The maximum Gasteiger partial charge on any atom is 0.410 e. The quantitative estimate of drug-likeness (QED) is 0.805. The first kappa shape index (κ1) is 18.5. The first-order valence-electron chi connectivity index (χ1n) is 9.25. The first-order valence-corrected chi connectivity index (χ1v) is 9.25. The molecule has 1 unspecified atom stereocenters.